The second kappa shape index (κ2) is 8.43. The molecule has 0 radical (unpaired) electrons. The molecule has 2 nitrogen and oxygen atoms in total. The molecule has 0 bridgehead atoms. The highest BCUT2D eigenvalue weighted by molar-refractivity contribution is 5.24. The molecule has 1 fully saturated rings. The monoisotopic (exact) mass is 275 g/mol. The van der Waals surface area contributed by atoms with Gasteiger partial charge < -0.3 is 10.1 Å². The molecule has 2 heteroatoms. The highest BCUT2D eigenvalue weighted by atomic mass is 16.5. The Kier molecular flexibility index (Phi) is 6.55. The van der Waals surface area contributed by atoms with Gasteiger partial charge in [-0.1, -0.05) is 57.4 Å². The Morgan fingerprint density at radius 1 is 1.10 bits per heavy atom. The van der Waals surface area contributed by atoms with Gasteiger partial charge in [-0.05, 0) is 29.9 Å². The second-order valence-corrected chi connectivity index (χ2v) is 6.20. The Balaban J connectivity index is 1.58. The van der Waals surface area contributed by atoms with Crippen LogP contribution in [0.1, 0.15) is 63.0 Å². The zero-order valence-electron chi connectivity index (χ0n) is 13.0. The summed E-state index contributed by atoms with van der Waals surface area (Å²) in [7, 11) is 0. The molecule has 0 aromatic heterocycles. The van der Waals surface area contributed by atoms with Crippen LogP contribution < -0.4 is 5.32 Å². The number of rotatable bonds is 7. The Labute approximate surface area is 123 Å². The molecular weight excluding hydrogens is 246 g/mol. The first-order valence-electron chi connectivity index (χ1n) is 8.17. The smallest absolute Gasteiger partial charge is 0.0594 e. The van der Waals surface area contributed by atoms with Gasteiger partial charge in [0.15, 0.2) is 0 Å². The van der Waals surface area contributed by atoms with E-state index >= 15 is 0 Å². The summed E-state index contributed by atoms with van der Waals surface area (Å²) in [6.07, 6.45) is 7.13. The highest BCUT2D eigenvalue weighted by Gasteiger charge is 2.12. The highest BCUT2D eigenvalue weighted by Crippen LogP contribution is 2.19. The van der Waals surface area contributed by atoms with Gasteiger partial charge in [-0.3, -0.25) is 0 Å². The quantitative estimate of drug-likeness (QED) is 0.751. The lowest BCUT2D eigenvalue weighted by Crippen LogP contribution is -2.24. The normalized spacial score (nSPS) is 16.8. The average molecular weight is 275 g/mol. The summed E-state index contributed by atoms with van der Waals surface area (Å²) in [5, 5.41) is 3.46. The Morgan fingerprint density at radius 3 is 2.45 bits per heavy atom. The van der Waals surface area contributed by atoms with Crippen molar-refractivity contribution >= 4 is 0 Å². The first kappa shape index (κ1) is 15.5. The van der Waals surface area contributed by atoms with Gasteiger partial charge in [0.1, 0.15) is 0 Å². The summed E-state index contributed by atoms with van der Waals surface area (Å²) in [5.74, 6) is 0.612. The fraction of sp³-hybridized carbons (Fsp3) is 0.667. The molecule has 0 spiro atoms. The van der Waals surface area contributed by atoms with Crippen LogP contribution in [0.3, 0.4) is 0 Å². The number of hydrogen-bond donors (Lipinski definition) is 1. The van der Waals surface area contributed by atoms with E-state index in [0.717, 1.165) is 19.7 Å². The number of nitrogens with one attached hydrogen (secondary N) is 1. The maximum Gasteiger partial charge on any atom is 0.0594 e. The summed E-state index contributed by atoms with van der Waals surface area (Å²) < 4.78 is 5.91. The molecule has 0 saturated heterocycles. The minimum Gasteiger partial charge on any atom is -0.377 e. The Bertz CT molecular complexity index is 366. The van der Waals surface area contributed by atoms with E-state index in [2.05, 4.69) is 43.4 Å². The maximum absolute atomic E-state index is 5.91. The van der Waals surface area contributed by atoms with Gasteiger partial charge >= 0.3 is 0 Å². The van der Waals surface area contributed by atoms with Gasteiger partial charge in [0, 0.05) is 13.1 Å². The lowest BCUT2D eigenvalue weighted by molar-refractivity contribution is 0.0302. The van der Waals surface area contributed by atoms with E-state index in [1.54, 1.807) is 0 Å². The first-order valence-corrected chi connectivity index (χ1v) is 8.17. The fourth-order valence-corrected chi connectivity index (χ4v) is 2.78. The molecule has 2 rings (SSSR count). The van der Waals surface area contributed by atoms with E-state index in [9.17, 15) is 0 Å². The van der Waals surface area contributed by atoms with Crippen molar-refractivity contribution in [2.45, 2.75) is 64.5 Å². The summed E-state index contributed by atoms with van der Waals surface area (Å²) in [6, 6.07) is 8.93. The average Bonchev–Trinajstić information content (AvgIpc) is 2.48. The van der Waals surface area contributed by atoms with E-state index in [-0.39, 0.29) is 0 Å². The van der Waals surface area contributed by atoms with E-state index in [1.165, 1.54) is 43.2 Å². The second-order valence-electron chi connectivity index (χ2n) is 6.20. The van der Waals surface area contributed by atoms with Crippen molar-refractivity contribution in [3.05, 3.63) is 35.4 Å². The standard InChI is InChI=1S/C18H29NO/c1-15(2)17-10-8-16(9-11-17)14-19-12-13-20-18-6-4-3-5-7-18/h8-11,15,18-19H,3-7,12-14H2,1-2H3. The van der Waals surface area contributed by atoms with Crippen molar-refractivity contribution in [1.82, 2.24) is 5.32 Å². The molecule has 0 atom stereocenters. The van der Waals surface area contributed by atoms with Crippen LogP contribution in [0.2, 0.25) is 0 Å². The van der Waals surface area contributed by atoms with E-state index < -0.39 is 0 Å². The Morgan fingerprint density at radius 2 is 1.80 bits per heavy atom. The molecule has 1 aliphatic rings. The van der Waals surface area contributed by atoms with Crippen molar-refractivity contribution in [1.29, 1.82) is 0 Å². The molecule has 1 aliphatic carbocycles. The minimum absolute atomic E-state index is 0.524. The van der Waals surface area contributed by atoms with Crippen LogP contribution in [-0.2, 0) is 11.3 Å². The lowest BCUT2D eigenvalue weighted by Gasteiger charge is -2.22. The van der Waals surface area contributed by atoms with Crippen LogP contribution in [0.4, 0.5) is 0 Å². The SMILES string of the molecule is CC(C)c1ccc(CNCCOC2CCCCC2)cc1. The molecule has 112 valence electrons. The van der Waals surface area contributed by atoms with Crippen molar-refractivity contribution in [3.63, 3.8) is 0 Å². The van der Waals surface area contributed by atoms with Gasteiger partial charge in [0.2, 0.25) is 0 Å². The lowest BCUT2D eigenvalue weighted by atomic mass is 9.98. The number of benzene rings is 1. The van der Waals surface area contributed by atoms with Gasteiger partial charge in [-0.15, -0.1) is 0 Å². The molecule has 0 heterocycles. The van der Waals surface area contributed by atoms with Gasteiger partial charge in [0.25, 0.3) is 0 Å². The minimum atomic E-state index is 0.524. The van der Waals surface area contributed by atoms with Crippen molar-refractivity contribution in [2.75, 3.05) is 13.2 Å². The number of ether oxygens (including phenoxy) is 1. The molecule has 1 saturated carbocycles. The van der Waals surface area contributed by atoms with E-state index in [4.69, 9.17) is 4.74 Å². The van der Waals surface area contributed by atoms with Gasteiger partial charge in [-0.2, -0.15) is 0 Å². The summed E-state index contributed by atoms with van der Waals surface area (Å²) >= 11 is 0. The predicted octanol–water partition coefficient (Wildman–Crippen LogP) is 4.25. The zero-order valence-corrected chi connectivity index (χ0v) is 13.0. The molecule has 0 amide bonds. The molecule has 20 heavy (non-hydrogen) atoms. The van der Waals surface area contributed by atoms with Crippen LogP contribution in [0.25, 0.3) is 0 Å². The molecule has 0 aliphatic heterocycles. The van der Waals surface area contributed by atoms with Crippen LogP contribution in [0.15, 0.2) is 24.3 Å². The van der Waals surface area contributed by atoms with Crippen LogP contribution in [0.5, 0.6) is 0 Å². The van der Waals surface area contributed by atoms with Crippen molar-refractivity contribution in [3.8, 4) is 0 Å². The summed E-state index contributed by atoms with van der Waals surface area (Å²) in [5.41, 5.74) is 2.77. The largest absolute Gasteiger partial charge is 0.377 e. The summed E-state index contributed by atoms with van der Waals surface area (Å²) in [4.78, 5) is 0. The van der Waals surface area contributed by atoms with Crippen LogP contribution in [-0.4, -0.2) is 19.3 Å². The third kappa shape index (κ3) is 5.26. The number of hydrogen-bond acceptors (Lipinski definition) is 2. The first-order chi connectivity index (χ1) is 9.75. The Hall–Kier alpha value is -0.860. The zero-order chi connectivity index (χ0) is 14.2. The molecule has 1 N–H and O–H groups in total. The van der Waals surface area contributed by atoms with Crippen molar-refractivity contribution in [2.24, 2.45) is 0 Å². The molecule has 1 aromatic rings. The predicted molar refractivity (Wildman–Crippen MR) is 85.1 cm³/mol. The summed E-state index contributed by atoms with van der Waals surface area (Å²) in [6.45, 7) is 7.19. The topological polar surface area (TPSA) is 21.3 Å². The fourth-order valence-electron chi connectivity index (χ4n) is 2.78. The molecule has 1 aromatic carbocycles. The molecule has 0 unspecified atom stereocenters. The third-order valence-electron chi connectivity index (χ3n) is 4.16. The van der Waals surface area contributed by atoms with Gasteiger partial charge in [0.05, 0.1) is 12.7 Å². The molecular formula is C18H29NO. The maximum atomic E-state index is 5.91. The third-order valence-corrected chi connectivity index (χ3v) is 4.16. The van der Waals surface area contributed by atoms with Crippen LogP contribution >= 0.6 is 0 Å². The van der Waals surface area contributed by atoms with E-state index in [1.807, 2.05) is 0 Å². The van der Waals surface area contributed by atoms with E-state index in [0.29, 0.717) is 12.0 Å². The van der Waals surface area contributed by atoms with Crippen LogP contribution in [0, 0.1) is 0 Å². The van der Waals surface area contributed by atoms with Crippen molar-refractivity contribution < 1.29 is 4.74 Å². The van der Waals surface area contributed by atoms with Gasteiger partial charge in [-0.25, -0.2) is 0 Å².